The quantitative estimate of drug-likeness (QED) is 0.716. The summed E-state index contributed by atoms with van der Waals surface area (Å²) in [4.78, 5) is 35.3. The first-order valence-corrected chi connectivity index (χ1v) is 7.05. The lowest BCUT2D eigenvalue weighted by atomic mass is 10.2. The molecule has 0 saturated heterocycles. The fourth-order valence-electron chi connectivity index (χ4n) is 1.67. The first kappa shape index (κ1) is 17.2. The van der Waals surface area contributed by atoms with Crippen molar-refractivity contribution < 1.29 is 19.5 Å². The van der Waals surface area contributed by atoms with E-state index in [1.807, 2.05) is 0 Å². The monoisotopic (exact) mass is 360 g/mol. The first-order chi connectivity index (χ1) is 9.81. The molecule has 8 nitrogen and oxygen atoms in total. The number of nitrogens with zero attached hydrogens (tertiary/aromatic N) is 3. The summed E-state index contributed by atoms with van der Waals surface area (Å²) in [6, 6.07) is -0.981. The van der Waals surface area contributed by atoms with Crippen LogP contribution in [0.1, 0.15) is 13.8 Å². The van der Waals surface area contributed by atoms with Crippen LogP contribution < -0.4 is 5.32 Å². The molecule has 0 aliphatic carbocycles. The van der Waals surface area contributed by atoms with Gasteiger partial charge in [0.2, 0.25) is 11.8 Å². The molecule has 0 radical (unpaired) electrons. The number of aromatic nitrogens is 2. The number of carbonyl (C=O) groups is 3. The van der Waals surface area contributed by atoms with Crippen LogP contribution in [-0.4, -0.2) is 56.7 Å². The lowest BCUT2D eigenvalue weighted by Gasteiger charge is -2.26. The van der Waals surface area contributed by atoms with Crippen molar-refractivity contribution in [2.24, 2.45) is 0 Å². The van der Waals surface area contributed by atoms with Crippen LogP contribution in [0.2, 0.25) is 0 Å². The van der Waals surface area contributed by atoms with Gasteiger partial charge >= 0.3 is 5.97 Å². The molecule has 0 aliphatic heterocycles. The Hall–Kier alpha value is -1.90. The average molecular weight is 361 g/mol. The van der Waals surface area contributed by atoms with Gasteiger partial charge in [0.25, 0.3) is 0 Å². The van der Waals surface area contributed by atoms with Crippen molar-refractivity contribution in [3.63, 3.8) is 0 Å². The second-order valence-corrected chi connectivity index (χ2v) is 5.36. The Morgan fingerprint density at radius 2 is 2.19 bits per heavy atom. The Labute approximate surface area is 130 Å². The van der Waals surface area contributed by atoms with Crippen molar-refractivity contribution in [3.8, 4) is 0 Å². The molecular weight excluding hydrogens is 344 g/mol. The minimum absolute atomic E-state index is 0.0662. The van der Waals surface area contributed by atoms with E-state index in [0.717, 1.165) is 4.47 Å². The van der Waals surface area contributed by atoms with Crippen molar-refractivity contribution in [2.75, 3.05) is 13.1 Å². The van der Waals surface area contributed by atoms with Crippen LogP contribution in [0.5, 0.6) is 0 Å². The molecule has 1 unspecified atom stereocenters. The van der Waals surface area contributed by atoms with E-state index in [4.69, 9.17) is 5.11 Å². The summed E-state index contributed by atoms with van der Waals surface area (Å²) < 4.78 is 2.14. The maximum atomic E-state index is 12.2. The molecule has 0 fully saturated rings. The third-order valence-electron chi connectivity index (χ3n) is 2.77. The van der Waals surface area contributed by atoms with Crippen molar-refractivity contribution in [2.45, 2.75) is 26.4 Å². The van der Waals surface area contributed by atoms with Gasteiger partial charge in [-0.15, -0.1) is 0 Å². The fraction of sp³-hybridized carbons (Fsp3) is 0.500. The smallest absolute Gasteiger partial charge is 0.326 e. The van der Waals surface area contributed by atoms with Gasteiger partial charge < -0.3 is 15.3 Å². The Morgan fingerprint density at radius 1 is 1.52 bits per heavy atom. The predicted octanol–water partition coefficient (Wildman–Crippen LogP) is 0.0834. The molecule has 1 atom stereocenters. The molecule has 2 N–H and O–H groups in total. The Balaban J connectivity index is 2.71. The van der Waals surface area contributed by atoms with E-state index in [1.165, 1.54) is 29.6 Å². The number of aliphatic carboxylic acids is 1. The van der Waals surface area contributed by atoms with Crippen LogP contribution in [-0.2, 0) is 20.9 Å². The minimum atomic E-state index is -1.10. The fourth-order valence-corrected chi connectivity index (χ4v) is 2.00. The summed E-state index contributed by atoms with van der Waals surface area (Å²) in [5, 5.41) is 15.6. The number of carbonyl (C=O) groups excluding carboxylic acids is 2. The second kappa shape index (κ2) is 7.77. The zero-order chi connectivity index (χ0) is 16.0. The molecule has 0 bridgehead atoms. The van der Waals surface area contributed by atoms with Gasteiger partial charge in [-0.25, -0.2) is 4.79 Å². The topological polar surface area (TPSA) is 105 Å². The molecule has 1 aromatic rings. The highest BCUT2D eigenvalue weighted by atomic mass is 79.9. The lowest BCUT2D eigenvalue weighted by molar-refractivity contribution is -0.149. The number of hydrogen-bond acceptors (Lipinski definition) is 4. The molecule has 2 amide bonds. The molecule has 21 heavy (non-hydrogen) atoms. The van der Waals surface area contributed by atoms with Gasteiger partial charge in [-0.05, 0) is 22.9 Å². The SMILES string of the molecule is CC(=O)NCCN(C(=O)Cn1cc(Br)cn1)C(C)C(=O)O. The van der Waals surface area contributed by atoms with Gasteiger partial charge in [0.15, 0.2) is 0 Å². The normalized spacial score (nSPS) is 11.8. The van der Waals surface area contributed by atoms with Crippen LogP contribution in [0.3, 0.4) is 0 Å². The molecule has 0 spiro atoms. The highest BCUT2D eigenvalue weighted by Crippen LogP contribution is 2.07. The van der Waals surface area contributed by atoms with Gasteiger partial charge in [0, 0.05) is 26.2 Å². The molecule has 1 heterocycles. The number of rotatable bonds is 7. The Kier molecular flexibility index (Phi) is 6.35. The van der Waals surface area contributed by atoms with Gasteiger partial charge in [0.1, 0.15) is 12.6 Å². The maximum Gasteiger partial charge on any atom is 0.326 e. The van der Waals surface area contributed by atoms with E-state index < -0.39 is 12.0 Å². The van der Waals surface area contributed by atoms with E-state index in [9.17, 15) is 14.4 Å². The highest BCUT2D eigenvalue weighted by Gasteiger charge is 2.25. The van der Waals surface area contributed by atoms with Crippen LogP contribution in [0.15, 0.2) is 16.9 Å². The summed E-state index contributed by atoms with van der Waals surface area (Å²) in [6.45, 7) is 3.03. The van der Waals surface area contributed by atoms with E-state index in [1.54, 1.807) is 6.20 Å². The second-order valence-electron chi connectivity index (χ2n) is 4.44. The third-order valence-corrected chi connectivity index (χ3v) is 3.18. The van der Waals surface area contributed by atoms with Gasteiger partial charge in [0.05, 0.1) is 10.7 Å². The Morgan fingerprint density at radius 3 is 2.67 bits per heavy atom. The number of carboxylic acid groups (broad SMARTS) is 1. The molecule has 116 valence electrons. The van der Waals surface area contributed by atoms with Crippen LogP contribution >= 0.6 is 15.9 Å². The van der Waals surface area contributed by atoms with E-state index in [-0.39, 0.29) is 31.4 Å². The zero-order valence-electron chi connectivity index (χ0n) is 11.7. The highest BCUT2D eigenvalue weighted by molar-refractivity contribution is 9.10. The molecule has 0 saturated carbocycles. The standard InChI is InChI=1S/C12H17BrN4O4/c1-8(12(20)21)17(4-3-14-9(2)18)11(19)7-16-6-10(13)5-15-16/h5-6,8H,3-4,7H2,1-2H3,(H,14,18)(H,20,21). The van der Waals surface area contributed by atoms with Crippen LogP contribution in [0.4, 0.5) is 0 Å². The van der Waals surface area contributed by atoms with Crippen molar-refractivity contribution >= 4 is 33.7 Å². The summed E-state index contributed by atoms with van der Waals surface area (Å²) in [5.41, 5.74) is 0. The number of carboxylic acids is 1. The largest absolute Gasteiger partial charge is 0.480 e. The zero-order valence-corrected chi connectivity index (χ0v) is 13.3. The predicted molar refractivity (Wildman–Crippen MR) is 77.4 cm³/mol. The first-order valence-electron chi connectivity index (χ1n) is 6.26. The molecule has 0 aliphatic rings. The van der Waals surface area contributed by atoms with Crippen LogP contribution in [0.25, 0.3) is 0 Å². The maximum absolute atomic E-state index is 12.2. The van der Waals surface area contributed by atoms with E-state index >= 15 is 0 Å². The van der Waals surface area contributed by atoms with Gasteiger partial charge in [-0.3, -0.25) is 14.3 Å². The van der Waals surface area contributed by atoms with Crippen molar-refractivity contribution in [1.29, 1.82) is 0 Å². The van der Waals surface area contributed by atoms with Crippen molar-refractivity contribution in [1.82, 2.24) is 20.0 Å². The molecule has 1 aromatic heterocycles. The minimum Gasteiger partial charge on any atom is -0.480 e. The number of halogens is 1. The third kappa shape index (κ3) is 5.54. The number of nitrogens with one attached hydrogen (secondary N) is 1. The molecular formula is C12H17BrN4O4. The summed E-state index contributed by atoms with van der Waals surface area (Å²) >= 11 is 3.22. The van der Waals surface area contributed by atoms with E-state index in [0.29, 0.717) is 0 Å². The van der Waals surface area contributed by atoms with Crippen molar-refractivity contribution in [3.05, 3.63) is 16.9 Å². The summed E-state index contributed by atoms with van der Waals surface area (Å²) in [6.07, 6.45) is 3.16. The van der Waals surface area contributed by atoms with Crippen LogP contribution in [0, 0.1) is 0 Å². The molecule has 9 heteroatoms. The Bertz CT molecular complexity index is 531. The summed E-state index contributed by atoms with van der Waals surface area (Å²) in [7, 11) is 0. The average Bonchev–Trinajstić information content (AvgIpc) is 2.78. The summed E-state index contributed by atoms with van der Waals surface area (Å²) in [5.74, 6) is -1.72. The van der Waals surface area contributed by atoms with E-state index in [2.05, 4.69) is 26.3 Å². The molecule has 0 aromatic carbocycles. The van der Waals surface area contributed by atoms with Gasteiger partial charge in [-0.1, -0.05) is 0 Å². The number of hydrogen-bond donors (Lipinski definition) is 2. The molecule has 1 rings (SSSR count). The lowest BCUT2D eigenvalue weighted by Crippen LogP contribution is -2.47. The van der Waals surface area contributed by atoms with Gasteiger partial charge in [-0.2, -0.15) is 5.10 Å². The number of amides is 2.